The lowest BCUT2D eigenvalue weighted by Gasteiger charge is -2.21. The number of halogens is 1. The van der Waals surface area contributed by atoms with Crippen molar-refractivity contribution in [1.82, 2.24) is 14.8 Å². The minimum absolute atomic E-state index is 0.0937. The number of carbonyl (C=O) groups is 1. The first-order chi connectivity index (χ1) is 8.54. The van der Waals surface area contributed by atoms with Crippen molar-refractivity contribution >= 4 is 5.91 Å². The van der Waals surface area contributed by atoms with E-state index in [-0.39, 0.29) is 5.91 Å². The highest BCUT2D eigenvalue weighted by molar-refractivity contribution is 5.93. The van der Waals surface area contributed by atoms with Crippen LogP contribution in [0.2, 0.25) is 0 Å². The van der Waals surface area contributed by atoms with Crippen molar-refractivity contribution in [3.63, 3.8) is 0 Å². The van der Waals surface area contributed by atoms with Crippen LogP contribution in [0.25, 0.3) is 0 Å². The normalized spacial score (nSPS) is 10.7. The van der Waals surface area contributed by atoms with Crippen LogP contribution in [-0.2, 0) is 0 Å². The minimum atomic E-state index is -0.567. The molecule has 4 nitrogen and oxygen atoms in total. The first-order valence-electron chi connectivity index (χ1n) is 6.10. The Morgan fingerprint density at radius 2 is 2.06 bits per heavy atom. The third kappa shape index (κ3) is 4.41. The van der Waals surface area contributed by atoms with E-state index >= 15 is 0 Å². The highest BCUT2D eigenvalue weighted by Gasteiger charge is 2.14. The molecule has 100 valence electrons. The van der Waals surface area contributed by atoms with Crippen LogP contribution in [0.15, 0.2) is 18.3 Å². The third-order valence-corrected chi connectivity index (χ3v) is 2.68. The second-order valence-corrected chi connectivity index (χ2v) is 4.41. The zero-order valence-electron chi connectivity index (χ0n) is 11.2. The quantitative estimate of drug-likeness (QED) is 0.723. The number of pyridine rings is 1. The van der Waals surface area contributed by atoms with Gasteiger partial charge in [-0.1, -0.05) is 0 Å². The lowest BCUT2D eigenvalue weighted by molar-refractivity contribution is 0.0758. The van der Waals surface area contributed by atoms with Crippen LogP contribution in [0.1, 0.15) is 23.7 Å². The minimum Gasteiger partial charge on any atom is -0.339 e. The summed E-state index contributed by atoms with van der Waals surface area (Å²) in [5, 5.41) is 0. The van der Waals surface area contributed by atoms with Gasteiger partial charge in [0.05, 0.1) is 5.56 Å². The van der Waals surface area contributed by atoms with Gasteiger partial charge in [0.25, 0.3) is 5.91 Å². The Hall–Kier alpha value is -1.49. The molecule has 0 aliphatic carbocycles. The van der Waals surface area contributed by atoms with Gasteiger partial charge in [0.1, 0.15) is 0 Å². The maximum Gasteiger partial charge on any atom is 0.255 e. The smallest absolute Gasteiger partial charge is 0.255 e. The molecule has 1 aromatic rings. The van der Waals surface area contributed by atoms with Crippen LogP contribution in [0.3, 0.4) is 0 Å². The van der Waals surface area contributed by atoms with Crippen molar-refractivity contribution in [1.29, 1.82) is 0 Å². The molecular weight excluding hydrogens is 233 g/mol. The SMILES string of the molecule is CCN(CCCN(C)C)C(=O)c1ccc(F)nc1. The molecule has 0 fully saturated rings. The molecule has 0 aromatic carbocycles. The summed E-state index contributed by atoms with van der Waals surface area (Å²) in [5.41, 5.74) is 0.433. The predicted molar refractivity (Wildman–Crippen MR) is 68.9 cm³/mol. The van der Waals surface area contributed by atoms with Crippen molar-refractivity contribution < 1.29 is 9.18 Å². The van der Waals surface area contributed by atoms with Crippen LogP contribution >= 0.6 is 0 Å². The largest absolute Gasteiger partial charge is 0.339 e. The molecule has 0 atom stereocenters. The Morgan fingerprint density at radius 3 is 2.56 bits per heavy atom. The number of amides is 1. The van der Waals surface area contributed by atoms with E-state index in [1.165, 1.54) is 18.3 Å². The van der Waals surface area contributed by atoms with Gasteiger partial charge in [0.2, 0.25) is 5.95 Å². The lowest BCUT2D eigenvalue weighted by Crippen LogP contribution is -2.33. The molecule has 1 heterocycles. The van der Waals surface area contributed by atoms with Gasteiger partial charge in [0, 0.05) is 19.3 Å². The molecule has 0 aliphatic heterocycles. The van der Waals surface area contributed by atoms with Crippen LogP contribution in [0.4, 0.5) is 4.39 Å². The molecule has 0 N–H and O–H groups in total. The van der Waals surface area contributed by atoms with Gasteiger partial charge in [0.15, 0.2) is 0 Å². The Kier molecular flexibility index (Phi) is 5.71. The topological polar surface area (TPSA) is 36.4 Å². The van der Waals surface area contributed by atoms with E-state index in [2.05, 4.69) is 9.88 Å². The van der Waals surface area contributed by atoms with Crippen molar-refractivity contribution in [3.8, 4) is 0 Å². The number of rotatable bonds is 6. The zero-order valence-corrected chi connectivity index (χ0v) is 11.2. The molecule has 18 heavy (non-hydrogen) atoms. The number of hydrogen-bond acceptors (Lipinski definition) is 3. The summed E-state index contributed by atoms with van der Waals surface area (Å²) in [4.78, 5) is 19.4. The van der Waals surface area contributed by atoms with Gasteiger partial charge < -0.3 is 9.80 Å². The Balaban J connectivity index is 2.59. The molecule has 5 heteroatoms. The molecule has 0 bridgehead atoms. The molecule has 0 radical (unpaired) electrons. The molecule has 0 aliphatic rings. The van der Waals surface area contributed by atoms with Gasteiger partial charge in [-0.2, -0.15) is 4.39 Å². The summed E-state index contributed by atoms with van der Waals surface area (Å²) < 4.78 is 12.7. The van der Waals surface area contributed by atoms with Crippen molar-refractivity contribution in [2.75, 3.05) is 33.7 Å². The standard InChI is InChI=1S/C13H20FN3O/c1-4-17(9-5-8-16(2)3)13(18)11-6-7-12(14)15-10-11/h6-7,10H,4-5,8-9H2,1-3H3. The summed E-state index contributed by atoms with van der Waals surface area (Å²) in [6.07, 6.45) is 2.20. The molecule has 0 saturated heterocycles. The molecule has 0 saturated carbocycles. The van der Waals surface area contributed by atoms with Gasteiger partial charge in [-0.05, 0) is 46.1 Å². The fourth-order valence-corrected chi connectivity index (χ4v) is 1.67. The van der Waals surface area contributed by atoms with E-state index in [0.717, 1.165) is 13.0 Å². The Morgan fingerprint density at radius 1 is 1.33 bits per heavy atom. The van der Waals surface area contributed by atoms with E-state index in [1.807, 2.05) is 21.0 Å². The highest BCUT2D eigenvalue weighted by Crippen LogP contribution is 2.05. The number of nitrogens with zero attached hydrogens (tertiary/aromatic N) is 3. The van der Waals surface area contributed by atoms with Crippen molar-refractivity contribution in [2.45, 2.75) is 13.3 Å². The van der Waals surface area contributed by atoms with E-state index in [9.17, 15) is 9.18 Å². The van der Waals surface area contributed by atoms with Gasteiger partial charge in [-0.15, -0.1) is 0 Å². The van der Waals surface area contributed by atoms with E-state index in [0.29, 0.717) is 18.7 Å². The van der Waals surface area contributed by atoms with Gasteiger partial charge in [-0.3, -0.25) is 4.79 Å². The maximum atomic E-state index is 12.7. The number of aromatic nitrogens is 1. The molecular formula is C13H20FN3O. The second-order valence-electron chi connectivity index (χ2n) is 4.41. The summed E-state index contributed by atoms with van der Waals surface area (Å²) in [6, 6.07) is 2.68. The van der Waals surface area contributed by atoms with Crippen molar-refractivity contribution in [2.24, 2.45) is 0 Å². The Bertz CT molecular complexity index is 378. The van der Waals surface area contributed by atoms with Crippen LogP contribution < -0.4 is 0 Å². The monoisotopic (exact) mass is 253 g/mol. The second kappa shape index (κ2) is 7.06. The molecule has 0 spiro atoms. The van der Waals surface area contributed by atoms with Crippen LogP contribution in [0, 0.1) is 5.95 Å². The van der Waals surface area contributed by atoms with Crippen LogP contribution in [0.5, 0.6) is 0 Å². The zero-order chi connectivity index (χ0) is 13.5. The lowest BCUT2D eigenvalue weighted by atomic mass is 10.2. The summed E-state index contributed by atoms with van der Waals surface area (Å²) in [6.45, 7) is 4.21. The number of carbonyl (C=O) groups excluding carboxylic acids is 1. The average molecular weight is 253 g/mol. The fourth-order valence-electron chi connectivity index (χ4n) is 1.67. The van der Waals surface area contributed by atoms with E-state index in [4.69, 9.17) is 0 Å². The average Bonchev–Trinajstić information content (AvgIpc) is 2.34. The first-order valence-corrected chi connectivity index (χ1v) is 6.10. The molecule has 0 unspecified atom stereocenters. The number of hydrogen-bond donors (Lipinski definition) is 0. The first kappa shape index (κ1) is 14.6. The van der Waals surface area contributed by atoms with Crippen molar-refractivity contribution in [3.05, 3.63) is 29.8 Å². The van der Waals surface area contributed by atoms with Crippen LogP contribution in [-0.4, -0.2) is 54.4 Å². The molecule has 1 rings (SSSR count). The summed E-state index contributed by atoms with van der Waals surface area (Å²) >= 11 is 0. The Labute approximate surface area is 107 Å². The highest BCUT2D eigenvalue weighted by atomic mass is 19.1. The fraction of sp³-hybridized carbons (Fsp3) is 0.538. The molecule has 1 aromatic heterocycles. The van der Waals surface area contributed by atoms with E-state index in [1.54, 1.807) is 4.90 Å². The van der Waals surface area contributed by atoms with Gasteiger partial charge in [-0.25, -0.2) is 4.98 Å². The molecule has 1 amide bonds. The third-order valence-electron chi connectivity index (χ3n) is 2.68. The summed E-state index contributed by atoms with van der Waals surface area (Å²) in [7, 11) is 4.00. The maximum absolute atomic E-state index is 12.7. The van der Waals surface area contributed by atoms with Gasteiger partial charge >= 0.3 is 0 Å². The van der Waals surface area contributed by atoms with E-state index < -0.39 is 5.95 Å². The predicted octanol–water partition coefficient (Wildman–Crippen LogP) is 1.63. The summed E-state index contributed by atoms with van der Waals surface area (Å²) in [5.74, 6) is -0.661.